The Kier molecular flexibility index (Phi) is 5.40. The average Bonchev–Trinajstić information content (AvgIpc) is 3.42. The number of H-pyrrole nitrogens is 1. The van der Waals surface area contributed by atoms with Crippen molar-refractivity contribution in [1.29, 1.82) is 0 Å². The molecule has 8 heteroatoms. The molecular weight excluding hydrogens is 392 g/mol. The number of hydrogen-bond donors (Lipinski definition) is 3. The molecule has 3 N–H and O–H groups in total. The third-order valence-electron chi connectivity index (χ3n) is 6.77. The molecule has 0 spiro atoms. The van der Waals surface area contributed by atoms with Crippen molar-refractivity contribution in [3.8, 4) is 0 Å². The molecule has 1 aromatic heterocycles. The number of amides is 2. The molecule has 164 valence electrons. The van der Waals surface area contributed by atoms with E-state index in [-0.39, 0.29) is 17.9 Å². The second-order valence-corrected chi connectivity index (χ2v) is 8.93. The Morgan fingerprint density at radius 2 is 2.13 bits per heavy atom. The summed E-state index contributed by atoms with van der Waals surface area (Å²) in [5, 5.41) is 14.2. The maximum absolute atomic E-state index is 13.2. The zero-order chi connectivity index (χ0) is 21.4. The van der Waals surface area contributed by atoms with Crippen LogP contribution in [0, 0.1) is 0 Å². The number of fused-ring (bicyclic) bond motifs is 2. The number of carbonyl (C=O) groups excluding carboxylic acids is 2. The van der Waals surface area contributed by atoms with Gasteiger partial charge in [0.2, 0.25) is 5.91 Å². The van der Waals surface area contributed by atoms with Gasteiger partial charge in [-0.2, -0.15) is 5.10 Å². The minimum atomic E-state index is -0.245. The van der Waals surface area contributed by atoms with Gasteiger partial charge in [-0.3, -0.25) is 14.7 Å². The number of benzene rings is 1. The fourth-order valence-electron chi connectivity index (χ4n) is 5.00. The lowest BCUT2D eigenvalue weighted by atomic mass is 10.0. The van der Waals surface area contributed by atoms with Crippen LogP contribution in [0.25, 0.3) is 0 Å². The van der Waals surface area contributed by atoms with E-state index in [1.165, 1.54) is 18.4 Å². The van der Waals surface area contributed by atoms with Gasteiger partial charge < -0.3 is 20.4 Å². The summed E-state index contributed by atoms with van der Waals surface area (Å²) in [5.41, 5.74) is 4.50. The Labute approximate surface area is 182 Å². The Hall–Kier alpha value is -2.87. The summed E-state index contributed by atoms with van der Waals surface area (Å²) in [6.07, 6.45) is 4.89. The van der Waals surface area contributed by atoms with Gasteiger partial charge in [0.05, 0.1) is 0 Å². The Morgan fingerprint density at radius 1 is 1.26 bits per heavy atom. The number of likely N-dealkylation sites (N-methyl/N-ethyl adjacent to an activating group) is 1. The molecule has 0 saturated carbocycles. The summed E-state index contributed by atoms with van der Waals surface area (Å²) in [6, 6.07) is 8.16. The third kappa shape index (κ3) is 3.92. The maximum atomic E-state index is 13.2. The summed E-state index contributed by atoms with van der Waals surface area (Å²) in [5.74, 6) is 0.00628. The first-order chi connectivity index (χ1) is 15.1. The Morgan fingerprint density at radius 3 is 2.94 bits per heavy atom. The Balaban J connectivity index is 1.26. The lowest BCUT2D eigenvalue weighted by molar-refractivity contribution is -0.132. The van der Waals surface area contributed by atoms with Crippen molar-refractivity contribution in [3.05, 3.63) is 46.8 Å². The van der Waals surface area contributed by atoms with E-state index < -0.39 is 0 Å². The largest absolute Gasteiger partial charge is 0.373 e. The molecule has 2 unspecified atom stereocenters. The maximum Gasteiger partial charge on any atom is 0.274 e. The van der Waals surface area contributed by atoms with Crippen molar-refractivity contribution in [2.75, 3.05) is 32.0 Å². The predicted molar refractivity (Wildman–Crippen MR) is 118 cm³/mol. The number of piperidine rings is 1. The van der Waals surface area contributed by atoms with E-state index in [1.54, 1.807) is 4.90 Å². The van der Waals surface area contributed by atoms with Crippen LogP contribution in [0.2, 0.25) is 0 Å². The van der Waals surface area contributed by atoms with Gasteiger partial charge in [-0.1, -0.05) is 24.6 Å². The van der Waals surface area contributed by atoms with Gasteiger partial charge in [-0.05, 0) is 31.0 Å². The van der Waals surface area contributed by atoms with Gasteiger partial charge in [0, 0.05) is 62.5 Å². The van der Waals surface area contributed by atoms with Crippen LogP contribution >= 0.6 is 0 Å². The predicted octanol–water partition coefficient (Wildman–Crippen LogP) is 1.55. The standard InChI is InChI=1S/C23H30N6O2/c1-28(13-16-7-4-5-10-24-16)23(31)21-17-14-29(11-9-19(17)26-27-21)22(30)20-12-15-6-2-3-8-18(15)25-20/h2-3,6,8,16,20,24-25H,4-5,7,9-14H2,1H3,(H,26,27). The zero-order valence-electron chi connectivity index (χ0n) is 18.0. The number of rotatable bonds is 4. The second-order valence-electron chi connectivity index (χ2n) is 8.93. The van der Waals surface area contributed by atoms with Crippen LogP contribution < -0.4 is 10.6 Å². The van der Waals surface area contributed by atoms with Crippen molar-refractivity contribution in [3.63, 3.8) is 0 Å². The highest BCUT2D eigenvalue weighted by Gasteiger charge is 2.34. The first-order valence-electron chi connectivity index (χ1n) is 11.3. The van der Waals surface area contributed by atoms with Gasteiger partial charge in [-0.25, -0.2) is 0 Å². The normalized spacial score (nSPS) is 22.4. The van der Waals surface area contributed by atoms with E-state index >= 15 is 0 Å². The highest BCUT2D eigenvalue weighted by molar-refractivity contribution is 5.94. The molecule has 3 aliphatic heterocycles. The number of carbonyl (C=O) groups is 2. The molecule has 2 atom stereocenters. The number of aromatic amines is 1. The van der Waals surface area contributed by atoms with Crippen molar-refractivity contribution >= 4 is 17.5 Å². The summed E-state index contributed by atoms with van der Waals surface area (Å²) in [6.45, 7) is 2.75. The molecule has 1 saturated heterocycles. The molecule has 5 rings (SSSR count). The molecule has 1 aromatic carbocycles. The van der Waals surface area contributed by atoms with Gasteiger partial charge in [0.1, 0.15) is 6.04 Å². The first kappa shape index (κ1) is 20.1. The monoisotopic (exact) mass is 422 g/mol. The molecular formula is C23H30N6O2. The Bertz CT molecular complexity index is 955. The highest BCUT2D eigenvalue weighted by atomic mass is 16.2. The molecule has 0 radical (unpaired) electrons. The van der Waals surface area contributed by atoms with E-state index in [4.69, 9.17) is 0 Å². The fraction of sp³-hybridized carbons (Fsp3) is 0.522. The van der Waals surface area contributed by atoms with Gasteiger partial charge in [0.25, 0.3) is 5.91 Å². The van der Waals surface area contributed by atoms with Crippen molar-refractivity contribution in [2.45, 2.75) is 50.7 Å². The third-order valence-corrected chi connectivity index (χ3v) is 6.77. The zero-order valence-corrected chi connectivity index (χ0v) is 18.0. The molecule has 2 amide bonds. The summed E-state index contributed by atoms with van der Waals surface area (Å²) < 4.78 is 0. The van der Waals surface area contributed by atoms with E-state index in [2.05, 4.69) is 26.9 Å². The summed E-state index contributed by atoms with van der Waals surface area (Å²) >= 11 is 0. The molecule has 4 heterocycles. The van der Waals surface area contributed by atoms with E-state index in [0.29, 0.717) is 44.2 Å². The van der Waals surface area contributed by atoms with Crippen LogP contribution in [-0.2, 0) is 24.2 Å². The lowest BCUT2D eigenvalue weighted by Crippen LogP contribution is -2.45. The minimum absolute atomic E-state index is 0.0782. The van der Waals surface area contributed by atoms with Crippen LogP contribution in [-0.4, -0.2) is 70.6 Å². The molecule has 31 heavy (non-hydrogen) atoms. The molecule has 0 bridgehead atoms. The second kappa shape index (κ2) is 8.34. The highest BCUT2D eigenvalue weighted by Crippen LogP contribution is 2.28. The quantitative estimate of drug-likeness (QED) is 0.695. The van der Waals surface area contributed by atoms with Crippen LogP contribution in [0.3, 0.4) is 0 Å². The van der Waals surface area contributed by atoms with Crippen molar-refractivity contribution in [2.24, 2.45) is 0 Å². The van der Waals surface area contributed by atoms with Crippen molar-refractivity contribution in [1.82, 2.24) is 25.3 Å². The van der Waals surface area contributed by atoms with E-state index in [9.17, 15) is 9.59 Å². The number of hydrogen-bond acceptors (Lipinski definition) is 5. The summed E-state index contributed by atoms with van der Waals surface area (Å²) in [7, 11) is 1.84. The van der Waals surface area contributed by atoms with E-state index in [0.717, 1.165) is 29.9 Å². The number of anilines is 1. The first-order valence-corrected chi connectivity index (χ1v) is 11.3. The van der Waals surface area contributed by atoms with Crippen molar-refractivity contribution < 1.29 is 9.59 Å². The SMILES string of the molecule is CN(CC1CCCCN1)C(=O)c1n[nH]c2c1CN(C(=O)C1Cc3ccccc3N1)CC2. The average molecular weight is 423 g/mol. The van der Waals surface area contributed by atoms with Gasteiger partial charge >= 0.3 is 0 Å². The smallest absolute Gasteiger partial charge is 0.274 e. The van der Waals surface area contributed by atoms with Gasteiger partial charge in [0.15, 0.2) is 5.69 Å². The molecule has 3 aliphatic rings. The van der Waals surface area contributed by atoms with Crippen LogP contribution in [0.5, 0.6) is 0 Å². The molecule has 1 fully saturated rings. The van der Waals surface area contributed by atoms with Crippen LogP contribution in [0.4, 0.5) is 5.69 Å². The molecule has 0 aliphatic carbocycles. The summed E-state index contributed by atoms with van der Waals surface area (Å²) in [4.78, 5) is 30.0. The van der Waals surface area contributed by atoms with Crippen LogP contribution in [0.1, 0.15) is 46.6 Å². The number of nitrogens with zero attached hydrogens (tertiary/aromatic N) is 3. The van der Waals surface area contributed by atoms with Gasteiger partial charge in [-0.15, -0.1) is 0 Å². The molecule has 8 nitrogen and oxygen atoms in total. The number of para-hydroxylation sites is 1. The molecule has 2 aromatic rings. The minimum Gasteiger partial charge on any atom is -0.373 e. The van der Waals surface area contributed by atoms with Crippen LogP contribution in [0.15, 0.2) is 24.3 Å². The topological polar surface area (TPSA) is 93.4 Å². The lowest BCUT2D eigenvalue weighted by Gasteiger charge is -2.30. The fourth-order valence-corrected chi connectivity index (χ4v) is 5.00. The van der Waals surface area contributed by atoms with E-state index in [1.807, 2.05) is 30.1 Å². The number of aromatic nitrogens is 2. The number of nitrogens with one attached hydrogen (secondary N) is 3.